The van der Waals surface area contributed by atoms with Crippen molar-refractivity contribution in [2.45, 2.75) is 6.92 Å². The van der Waals surface area contributed by atoms with Gasteiger partial charge in [-0.1, -0.05) is 23.7 Å². The van der Waals surface area contributed by atoms with E-state index in [9.17, 15) is 13.2 Å². The molecule has 0 atom stereocenters. The fourth-order valence-corrected chi connectivity index (χ4v) is 4.72. The summed E-state index contributed by atoms with van der Waals surface area (Å²) < 4.78 is 31.4. The van der Waals surface area contributed by atoms with E-state index >= 15 is 0 Å². The minimum Gasteiger partial charge on any atom is -0.495 e. The van der Waals surface area contributed by atoms with Crippen molar-refractivity contribution in [2.75, 3.05) is 55.3 Å². The van der Waals surface area contributed by atoms with Crippen molar-refractivity contribution in [2.24, 2.45) is 0 Å². The van der Waals surface area contributed by atoms with Gasteiger partial charge < -0.3 is 14.5 Å². The van der Waals surface area contributed by atoms with Crippen LogP contribution >= 0.6 is 11.6 Å². The lowest BCUT2D eigenvalue weighted by molar-refractivity contribution is -0.129. The molecule has 0 unspecified atom stereocenters. The van der Waals surface area contributed by atoms with E-state index in [0.29, 0.717) is 42.5 Å². The fraction of sp³-hybridized carbons (Fsp3) is 0.381. The second-order valence-corrected chi connectivity index (χ2v) is 9.58. The first kappa shape index (κ1) is 22.2. The molecule has 9 heteroatoms. The van der Waals surface area contributed by atoms with Crippen LogP contribution in [0.15, 0.2) is 42.5 Å². The van der Waals surface area contributed by atoms with Gasteiger partial charge in [0.1, 0.15) is 12.3 Å². The van der Waals surface area contributed by atoms with Crippen molar-refractivity contribution in [1.82, 2.24) is 4.90 Å². The molecule has 0 N–H and O–H groups in total. The Hall–Kier alpha value is -2.45. The summed E-state index contributed by atoms with van der Waals surface area (Å²) in [5.74, 6) is 0.563. The van der Waals surface area contributed by atoms with E-state index in [1.54, 1.807) is 37.1 Å². The number of rotatable bonds is 6. The number of amides is 1. The summed E-state index contributed by atoms with van der Waals surface area (Å²) in [4.78, 5) is 16.8. The summed E-state index contributed by atoms with van der Waals surface area (Å²) in [6, 6.07) is 12.7. The second-order valence-electron chi connectivity index (χ2n) is 7.24. The summed E-state index contributed by atoms with van der Waals surface area (Å²) in [6.45, 7) is 3.84. The first-order chi connectivity index (χ1) is 14.2. The van der Waals surface area contributed by atoms with Crippen molar-refractivity contribution < 1.29 is 17.9 Å². The van der Waals surface area contributed by atoms with E-state index in [1.165, 1.54) is 0 Å². The van der Waals surface area contributed by atoms with Gasteiger partial charge >= 0.3 is 0 Å². The molecule has 0 aromatic heterocycles. The van der Waals surface area contributed by atoms with E-state index in [1.807, 2.05) is 24.3 Å². The molecule has 0 bridgehead atoms. The SMILES string of the molecule is COc1ccccc1N1CCN(C(=O)CN(c2ccc(Cl)cc2C)S(C)(=O)=O)CC1. The number of halogens is 1. The zero-order valence-electron chi connectivity index (χ0n) is 17.3. The van der Waals surface area contributed by atoms with Crippen LogP contribution in [0.25, 0.3) is 0 Å². The van der Waals surface area contributed by atoms with Gasteiger partial charge in [0, 0.05) is 31.2 Å². The Bertz CT molecular complexity index is 1020. The number of sulfonamides is 1. The quantitative estimate of drug-likeness (QED) is 0.675. The number of hydrogen-bond donors (Lipinski definition) is 0. The van der Waals surface area contributed by atoms with Crippen molar-refractivity contribution in [3.05, 3.63) is 53.1 Å². The summed E-state index contributed by atoms with van der Waals surface area (Å²) in [5, 5.41) is 0.517. The molecular formula is C21H26ClN3O4S. The topological polar surface area (TPSA) is 70.2 Å². The van der Waals surface area contributed by atoms with Crippen LogP contribution in [0.5, 0.6) is 5.75 Å². The maximum atomic E-state index is 12.9. The maximum Gasteiger partial charge on any atom is 0.243 e. The molecule has 0 radical (unpaired) electrons. The van der Waals surface area contributed by atoms with E-state index in [-0.39, 0.29) is 12.5 Å². The van der Waals surface area contributed by atoms with Crippen LogP contribution in [-0.2, 0) is 14.8 Å². The molecule has 0 spiro atoms. The lowest BCUT2D eigenvalue weighted by Gasteiger charge is -2.37. The van der Waals surface area contributed by atoms with Gasteiger partial charge in [0.25, 0.3) is 0 Å². The van der Waals surface area contributed by atoms with Gasteiger partial charge in [-0.2, -0.15) is 0 Å². The molecular weight excluding hydrogens is 426 g/mol. The Balaban J connectivity index is 1.70. The molecule has 2 aromatic carbocycles. The number of ether oxygens (including phenoxy) is 1. The van der Waals surface area contributed by atoms with Crippen molar-refractivity contribution in [1.29, 1.82) is 0 Å². The average Bonchev–Trinajstić information content (AvgIpc) is 2.71. The van der Waals surface area contributed by atoms with Gasteiger partial charge in [-0.05, 0) is 42.8 Å². The van der Waals surface area contributed by atoms with Gasteiger partial charge in [0.2, 0.25) is 15.9 Å². The van der Waals surface area contributed by atoms with E-state index in [2.05, 4.69) is 4.90 Å². The molecule has 0 aliphatic carbocycles. The predicted octanol–water partition coefficient (Wildman–Crippen LogP) is 2.77. The van der Waals surface area contributed by atoms with Crippen LogP contribution in [0, 0.1) is 6.92 Å². The maximum absolute atomic E-state index is 12.9. The first-order valence-electron chi connectivity index (χ1n) is 9.60. The predicted molar refractivity (Wildman–Crippen MR) is 120 cm³/mol. The van der Waals surface area contributed by atoms with Crippen LogP contribution < -0.4 is 13.9 Å². The Morgan fingerprint density at radius 3 is 2.40 bits per heavy atom. The number of carbonyl (C=O) groups excluding carboxylic acids is 1. The highest BCUT2D eigenvalue weighted by Gasteiger charge is 2.28. The monoisotopic (exact) mass is 451 g/mol. The average molecular weight is 452 g/mol. The highest BCUT2D eigenvalue weighted by molar-refractivity contribution is 7.92. The standard InChI is InChI=1S/C21H26ClN3O4S/c1-16-14-17(22)8-9-18(16)25(30(3,27)28)15-21(26)24-12-10-23(11-13-24)19-6-4-5-7-20(19)29-2/h4-9,14H,10-13,15H2,1-3H3. The van der Waals surface area contributed by atoms with Gasteiger partial charge in [0.15, 0.2) is 0 Å². The van der Waals surface area contributed by atoms with Crippen LogP contribution in [0.2, 0.25) is 5.02 Å². The van der Waals surface area contributed by atoms with Crippen LogP contribution in [0.1, 0.15) is 5.56 Å². The minimum atomic E-state index is -3.63. The number of nitrogens with zero attached hydrogens (tertiary/aromatic N) is 3. The Labute approximate surface area is 182 Å². The zero-order chi connectivity index (χ0) is 21.9. The van der Waals surface area contributed by atoms with Gasteiger partial charge in [0.05, 0.1) is 24.7 Å². The highest BCUT2D eigenvalue weighted by atomic mass is 35.5. The van der Waals surface area contributed by atoms with Gasteiger partial charge in [-0.15, -0.1) is 0 Å². The van der Waals surface area contributed by atoms with E-state index in [4.69, 9.17) is 16.3 Å². The third-order valence-electron chi connectivity index (χ3n) is 5.16. The number of methoxy groups -OCH3 is 1. The lowest BCUT2D eigenvalue weighted by Crippen LogP contribution is -2.52. The molecule has 1 amide bonds. The Morgan fingerprint density at radius 2 is 1.80 bits per heavy atom. The molecule has 162 valence electrons. The lowest BCUT2D eigenvalue weighted by atomic mass is 10.2. The van der Waals surface area contributed by atoms with Crippen molar-refractivity contribution in [3.63, 3.8) is 0 Å². The molecule has 1 aliphatic rings. The van der Waals surface area contributed by atoms with E-state index < -0.39 is 10.0 Å². The molecule has 1 heterocycles. The first-order valence-corrected chi connectivity index (χ1v) is 11.8. The largest absolute Gasteiger partial charge is 0.495 e. The number of para-hydroxylation sites is 2. The van der Waals surface area contributed by atoms with Crippen molar-refractivity contribution in [3.8, 4) is 5.75 Å². The third-order valence-corrected chi connectivity index (χ3v) is 6.53. The third kappa shape index (κ3) is 4.99. The normalized spacial score (nSPS) is 14.5. The minimum absolute atomic E-state index is 0.227. The number of carbonyl (C=O) groups is 1. The number of benzene rings is 2. The second kappa shape index (κ2) is 9.14. The molecule has 1 fully saturated rings. The number of aryl methyl sites for hydroxylation is 1. The Morgan fingerprint density at radius 1 is 1.13 bits per heavy atom. The van der Waals surface area contributed by atoms with Crippen LogP contribution in [0.4, 0.5) is 11.4 Å². The van der Waals surface area contributed by atoms with Crippen molar-refractivity contribution >= 4 is 38.9 Å². The van der Waals surface area contributed by atoms with E-state index in [0.717, 1.165) is 22.0 Å². The fourth-order valence-electron chi connectivity index (χ4n) is 3.59. The zero-order valence-corrected chi connectivity index (χ0v) is 18.9. The van der Waals surface area contributed by atoms with Gasteiger partial charge in [-0.3, -0.25) is 9.10 Å². The molecule has 1 aliphatic heterocycles. The molecule has 0 saturated carbocycles. The number of anilines is 2. The molecule has 2 aromatic rings. The summed E-state index contributed by atoms with van der Waals surface area (Å²) in [5.41, 5.74) is 2.14. The summed E-state index contributed by atoms with van der Waals surface area (Å²) >= 11 is 5.99. The highest BCUT2D eigenvalue weighted by Crippen LogP contribution is 2.29. The molecule has 30 heavy (non-hydrogen) atoms. The molecule has 7 nitrogen and oxygen atoms in total. The van der Waals surface area contributed by atoms with Gasteiger partial charge in [-0.25, -0.2) is 8.42 Å². The van der Waals surface area contributed by atoms with Crippen LogP contribution in [0.3, 0.4) is 0 Å². The number of hydrogen-bond acceptors (Lipinski definition) is 5. The van der Waals surface area contributed by atoms with Crippen LogP contribution in [-0.4, -0.2) is 65.3 Å². The smallest absolute Gasteiger partial charge is 0.243 e. The molecule has 3 rings (SSSR count). The number of piperazine rings is 1. The summed E-state index contributed by atoms with van der Waals surface area (Å²) in [7, 11) is -2.00. The molecule has 1 saturated heterocycles. The Kier molecular flexibility index (Phi) is 6.77. The summed E-state index contributed by atoms with van der Waals surface area (Å²) in [6.07, 6.45) is 1.11.